The molecule has 0 heterocycles. The van der Waals surface area contributed by atoms with Crippen molar-refractivity contribution in [3.05, 3.63) is 72.9 Å². The maximum atomic E-state index is 13.1. The predicted molar refractivity (Wildman–Crippen MR) is 245 cm³/mol. The molecule has 3 atom stereocenters. The molecule has 57 heavy (non-hydrogen) atoms. The van der Waals surface area contributed by atoms with Gasteiger partial charge >= 0.3 is 5.97 Å². The molecule has 328 valence electrons. The molecule has 0 aromatic carbocycles. The standard InChI is InChI=1S/C51H89NO5/c1-4-7-10-13-16-19-22-25-27-30-33-36-39-42-47(57-51(56)44-41-38-35-32-29-24-21-18-15-12-9-6-3)45-50(55)52-48(46-53)49(54)43-40-37-34-31-28-26-23-20-17-14-11-8-5-2/h7,10,13,16,18-19,21-22,25,27,30,33,47-49,53-54H,4-6,8-9,11-12,14-15,17,20,23-24,26,28-29,31-32,34-46H2,1-3H3,(H,52,55)/b10-7+,16-13+,21-18-,22-19-,27-25-,33-30+. The second kappa shape index (κ2) is 44.4. The van der Waals surface area contributed by atoms with Crippen LogP contribution in [0.1, 0.15) is 213 Å². The molecule has 0 fully saturated rings. The van der Waals surface area contributed by atoms with Crippen LogP contribution >= 0.6 is 0 Å². The molecular weight excluding hydrogens is 707 g/mol. The zero-order valence-electron chi connectivity index (χ0n) is 37.2. The van der Waals surface area contributed by atoms with E-state index in [1.54, 1.807) is 0 Å². The molecule has 0 saturated heterocycles. The van der Waals surface area contributed by atoms with E-state index in [0.29, 0.717) is 19.3 Å². The van der Waals surface area contributed by atoms with Gasteiger partial charge in [0.05, 0.1) is 25.2 Å². The van der Waals surface area contributed by atoms with Crippen LogP contribution in [0.25, 0.3) is 0 Å². The minimum Gasteiger partial charge on any atom is -0.462 e. The van der Waals surface area contributed by atoms with Gasteiger partial charge in [0.2, 0.25) is 5.91 Å². The van der Waals surface area contributed by atoms with Gasteiger partial charge in [-0.3, -0.25) is 9.59 Å². The first-order valence-electron chi connectivity index (χ1n) is 23.7. The van der Waals surface area contributed by atoms with Crippen molar-refractivity contribution in [2.75, 3.05) is 6.61 Å². The van der Waals surface area contributed by atoms with Crippen LogP contribution in [0.3, 0.4) is 0 Å². The largest absolute Gasteiger partial charge is 0.462 e. The van der Waals surface area contributed by atoms with Gasteiger partial charge in [0.1, 0.15) is 6.10 Å². The highest BCUT2D eigenvalue weighted by atomic mass is 16.5. The summed E-state index contributed by atoms with van der Waals surface area (Å²) in [6.45, 7) is 6.28. The molecule has 0 radical (unpaired) electrons. The topological polar surface area (TPSA) is 95.9 Å². The molecule has 0 rings (SSSR count). The summed E-state index contributed by atoms with van der Waals surface area (Å²) >= 11 is 0. The predicted octanol–water partition coefficient (Wildman–Crippen LogP) is 13.8. The molecule has 0 aliphatic heterocycles. The summed E-state index contributed by atoms with van der Waals surface area (Å²) in [7, 11) is 0. The Morgan fingerprint density at radius 1 is 0.526 bits per heavy atom. The highest BCUT2D eigenvalue weighted by Gasteiger charge is 2.24. The van der Waals surface area contributed by atoms with E-state index in [1.807, 2.05) is 48.6 Å². The number of hydrogen-bond donors (Lipinski definition) is 3. The number of esters is 1. The monoisotopic (exact) mass is 796 g/mol. The quantitative estimate of drug-likeness (QED) is 0.0248. The van der Waals surface area contributed by atoms with Crippen molar-refractivity contribution >= 4 is 11.9 Å². The molecule has 0 aromatic rings. The molecule has 6 nitrogen and oxygen atoms in total. The third-order valence-electron chi connectivity index (χ3n) is 10.4. The summed E-state index contributed by atoms with van der Waals surface area (Å²) < 4.78 is 5.86. The number of carbonyl (C=O) groups is 2. The fourth-order valence-corrected chi connectivity index (χ4v) is 6.80. The summed E-state index contributed by atoms with van der Waals surface area (Å²) in [5.74, 6) is -0.561. The number of carbonyl (C=O) groups excluding carboxylic acids is 2. The third-order valence-corrected chi connectivity index (χ3v) is 10.4. The van der Waals surface area contributed by atoms with Crippen molar-refractivity contribution in [3.8, 4) is 0 Å². The van der Waals surface area contributed by atoms with Crippen LogP contribution < -0.4 is 5.32 Å². The Bertz CT molecular complexity index is 1070. The minimum absolute atomic E-state index is 0.0229. The molecule has 0 spiro atoms. The van der Waals surface area contributed by atoms with E-state index < -0.39 is 18.2 Å². The lowest BCUT2D eigenvalue weighted by molar-refractivity contribution is -0.151. The second-order valence-corrected chi connectivity index (χ2v) is 15.9. The zero-order chi connectivity index (χ0) is 41.7. The van der Waals surface area contributed by atoms with Gasteiger partial charge in [-0.1, -0.05) is 209 Å². The zero-order valence-corrected chi connectivity index (χ0v) is 37.2. The van der Waals surface area contributed by atoms with Crippen molar-refractivity contribution in [1.82, 2.24) is 5.32 Å². The van der Waals surface area contributed by atoms with Crippen molar-refractivity contribution < 1.29 is 24.5 Å². The van der Waals surface area contributed by atoms with Crippen LogP contribution in [0.15, 0.2) is 72.9 Å². The van der Waals surface area contributed by atoms with Crippen molar-refractivity contribution in [3.63, 3.8) is 0 Å². The lowest BCUT2D eigenvalue weighted by atomic mass is 10.0. The molecule has 1 amide bonds. The minimum atomic E-state index is -0.809. The number of nitrogens with one attached hydrogen (secondary N) is 1. The third kappa shape index (κ3) is 39.9. The van der Waals surface area contributed by atoms with Crippen LogP contribution in [-0.2, 0) is 14.3 Å². The Morgan fingerprint density at radius 2 is 0.982 bits per heavy atom. The van der Waals surface area contributed by atoms with Gasteiger partial charge in [-0.05, 0) is 64.2 Å². The van der Waals surface area contributed by atoms with Gasteiger partial charge in [0.25, 0.3) is 0 Å². The number of aliphatic hydroxyl groups excluding tert-OH is 2. The fourth-order valence-electron chi connectivity index (χ4n) is 6.80. The van der Waals surface area contributed by atoms with Gasteiger partial charge in [0.15, 0.2) is 0 Å². The smallest absolute Gasteiger partial charge is 0.306 e. The summed E-state index contributed by atoms with van der Waals surface area (Å²) in [5.41, 5.74) is 0. The average molecular weight is 796 g/mol. The Labute approximate surface area is 351 Å². The molecular formula is C51H89NO5. The van der Waals surface area contributed by atoms with Crippen molar-refractivity contribution in [1.29, 1.82) is 0 Å². The summed E-state index contributed by atoms with van der Waals surface area (Å²) in [6.07, 6.45) is 55.3. The second-order valence-electron chi connectivity index (χ2n) is 15.9. The van der Waals surface area contributed by atoms with E-state index in [0.717, 1.165) is 64.2 Å². The van der Waals surface area contributed by atoms with Crippen LogP contribution in [0.2, 0.25) is 0 Å². The Balaban J connectivity index is 4.72. The summed E-state index contributed by atoms with van der Waals surface area (Å²) in [4.78, 5) is 26.0. The first kappa shape index (κ1) is 54.3. The molecule has 0 aliphatic carbocycles. The lowest BCUT2D eigenvalue weighted by Crippen LogP contribution is -2.46. The van der Waals surface area contributed by atoms with E-state index in [9.17, 15) is 19.8 Å². The number of rotatable bonds is 41. The maximum Gasteiger partial charge on any atom is 0.306 e. The molecule has 0 aliphatic rings. The highest BCUT2D eigenvalue weighted by Crippen LogP contribution is 2.16. The van der Waals surface area contributed by atoms with Gasteiger partial charge in [-0.15, -0.1) is 0 Å². The van der Waals surface area contributed by atoms with Gasteiger partial charge in [-0.25, -0.2) is 0 Å². The van der Waals surface area contributed by atoms with Crippen LogP contribution in [0.4, 0.5) is 0 Å². The molecule has 0 bridgehead atoms. The number of ether oxygens (including phenoxy) is 1. The molecule has 0 saturated carbocycles. The average Bonchev–Trinajstić information content (AvgIpc) is 3.20. The van der Waals surface area contributed by atoms with E-state index in [-0.39, 0.29) is 24.9 Å². The van der Waals surface area contributed by atoms with Gasteiger partial charge in [-0.2, -0.15) is 0 Å². The number of allylic oxidation sites excluding steroid dienone is 12. The SMILES string of the molecule is CC/C=C/C=C/C=C\C=C/C=C/CCCC(CC(=O)NC(CO)C(O)CCCCCCCCCCCCCCC)OC(=O)CCCCCCC/C=C\CCCCC. The summed E-state index contributed by atoms with van der Waals surface area (Å²) in [5, 5.41) is 23.7. The van der Waals surface area contributed by atoms with Gasteiger partial charge in [0, 0.05) is 6.42 Å². The Hall–Kier alpha value is -2.70. The van der Waals surface area contributed by atoms with Crippen LogP contribution in [0, 0.1) is 0 Å². The maximum absolute atomic E-state index is 13.1. The normalized spacial score (nSPS) is 14.0. The Morgan fingerprint density at radius 3 is 1.54 bits per heavy atom. The fraction of sp³-hybridized carbons (Fsp3) is 0.725. The van der Waals surface area contributed by atoms with Crippen molar-refractivity contribution in [2.24, 2.45) is 0 Å². The first-order chi connectivity index (χ1) is 28.0. The van der Waals surface area contributed by atoms with Crippen molar-refractivity contribution in [2.45, 2.75) is 232 Å². The molecule has 6 heteroatoms. The number of aliphatic hydroxyl groups is 2. The highest BCUT2D eigenvalue weighted by molar-refractivity contribution is 5.77. The molecule has 3 unspecified atom stereocenters. The van der Waals surface area contributed by atoms with E-state index in [4.69, 9.17) is 4.74 Å². The van der Waals surface area contributed by atoms with E-state index in [1.165, 1.54) is 103 Å². The molecule has 0 aromatic heterocycles. The summed E-state index contributed by atoms with van der Waals surface area (Å²) in [6, 6.07) is -0.727. The molecule has 3 N–H and O–H groups in total. The number of unbranched alkanes of at least 4 members (excludes halogenated alkanes) is 21. The van der Waals surface area contributed by atoms with Gasteiger partial charge < -0.3 is 20.3 Å². The lowest BCUT2D eigenvalue weighted by Gasteiger charge is -2.24. The first-order valence-corrected chi connectivity index (χ1v) is 23.7. The van der Waals surface area contributed by atoms with E-state index in [2.05, 4.69) is 50.4 Å². The van der Waals surface area contributed by atoms with Crippen LogP contribution in [-0.4, -0.2) is 46.9 Å². The number of hydrogen-bond acceptors (Lipinski definition) is 5. The Kier molecular flexibility index (Phi) is 42.3. The van der Waals surface area contributed by atoms with Crippen LogP contribution in [0.5, 0.6) is 0 Å². The number of amides is 1. The van der Waals surface area contributed by atoms with E-state index >= 15 is 0 Å².